The molecule has 7 heteroatoms. The van der Waals surface area contributed by atoms with Crippen molar-refractivity contribution in [3.8, 4) is 0 Å². The second kappa shape index (κ2) is 8.95. The molecule has 0 unspecified atom stereocenters. The fourth-order valence-corrected chi connectivity index (χ4v) is 1.23. The molecular formula is C13H16F3NO3. The van der Waals surface area contributed by atoms with Crippen molar-refractivity contribution in [3.63, 3.8) is 0 Å². The molecule has 0 heterocycles. The molecule has 0 atom stereocenters. The Kier molecular flexibility index (Phi) is 8.03. The highest BCUT2D eigenvalue weighted by Crippen LogP contribution is 2.15. The predicted molar refractivity (Wildman–Crippen MR) is 66.6 cm³/mol. The second-order valence-electron chi connectivity index (χ2n) is 3.79. The van der Waals surface area contributed by atoms with Crippen molar-refractivity contribution in [2.45, 2.75) is 25.4 Å². The highest BCUT2D eigenvalue weighted by atomic mass is 19.4. The van der Waals surface area contributed by atoms with Gasteiger partial charge in [-0.1, -0.05) is 30.3 Å². The van der Waals surface area contributed by atoms with E-state index in [1.807, 2.05) is 18.2 Å². The molecule has 0 saturated heterocycles. The van der Waals surface area contributed by atoms with Crippen LogP contribution >= 0.6 is 0 Å². The summed E-state index contributed by atoms with van der Waals surface area (Å²) in [5.74, 6) is -2.39. The third-order valence-corrected chi connectivity index (χ3v) is 2.15. The van der Waals surface area contributed by atoms with Crippen LogP contribution < -0.4 is 5.73 Å². The Bertz CT molecular complexity index is 419. The van der Waals surface area contributed by atoms with Crippen LogP contribution in [0.2, 0.25) is 0 Å². The van der Waals surface area contributed by atoms with E-state index in [1.165, 1.54) is 5.56 Å². The van der Waals surface area contributed by atoms with Gasteiger partial charge in [0.25, 0.3) is 0 Å². The van der Waals surface area contributed by atoms with Crippen molar-refractivity contribution in [1.82, 2.24) is 0 Å². The molecule has 0 spiro atoms. The number of aryl methyl sites for hydroxylation is 1. The Labute approximate surface area is 114 Å². The minimum Gasteiger partial charge on any atom is -0.462 e. The van der Waals surface area contributed by atoms with Gasteiger partial charge in [-0.25, -0.2) is 4.79 Å². The van der Waals surface area contributed by atoms with Crippen LogP contribution in [0.15, 0.2) is 30.3 Å². The summed E-state index contributed by atoms with van der Waals surface area (Å²) in [6, 6.07) is 10.1. The topological polar surface area (TPSA) is 69.4 Å². The monoisotopic (exact) mass is 291 g/mol. The van der Waals surface area contributed by atoms with Crippen LogP contribution in [0.3, 0.4) is 0 Å². The van der Waals surface area contributed by atoms with Crippen LogP contribution in [0, 0.1) is 0 Å². The number of primary amides is 1. The maximum absolute atomic E-state index is 11.0. The number of hydrogen-bond donors (Lipinski definition) is 1. The molecule has 0 saturated carbocycles. The smallest absolute Gasteiger partial charge is 0.462 e. The molecule has 1 rings (SSSR count). The van der Waals surface area contributed by atoms with Gasteiger partial charge in [0, 0.05) is 6.42 Å². The molecule has 0 bridgehead atoms. The van der Waals surface area contributed by atoms with Gasteiger partial charge in [0.05, 0.1) is 7.11 Å². The summed E-state index contributed by atoms with van der Waals surface area (Å²) >= 11 is 0. The molecule has 0 aliphatic heterocycles. The summed E-state index contributed by atoms with van der Waals surface area (Å²) < 4.78 is 36.3. The zero-order valence-corrected chi connectivity index (χ0v) is 10.9. The normalized spacial score (nSPS) is 10.2. The lowest BCUT2D eigenvalue weighted by Gasteiger charge is -1.99. The van der Waals surface area contributed by atoms with Gasteiger partial charge < -0.3 is 10.5 Å². The fraction of sp³-hybridized carbons (Fsp3) is 0.385. The zero-order chi connectivity index (χ0) is 15.6. The van der Waals surface area contributed by atoms with Crippen LogP contribution in [-0.2, 0) is 20.7 Å². The van der Waals surface area contributed by atoms with Crippen molar-refractivity contribution in [1.29, 1.82) is 0 Å². The standard InChI is InChI=1S/C10H13NO.C3H3F3O2/c11-10(12)8-4-7-9-5-2-1-3-6-9;1-8-2(7)3(4,5)6/h1-3,5-6H,4,7-8H2,(H2,11,12);1H3. The highest BCUT2D eigenvalue weighted by Gasteiger charge is 2.39. The number of hydrogen-bond acceptors (Lipinski definition) is 3. The number of halogens is 3. The van der Waals surface area contributed by atoms with E-state index in [2.05, 4.69) is 16.9 Å². The van der Waals surface area contributed by atoms with E-state index in [0.717, 1.165) is 12.8 Å². The lowest BCUT2D eigenvalue weighted by Crippen LogP contribution is -2.23. The second-order valence-corrected chi connectivity index (χ2v) is 3.79. The Morgan fingerprint density at radius 3 is 2.10 bits per heavy atom. The van der Waals surface area contributed by atoms with Gasteiger partial charge in [0.1, 0.15) is 0 Å². The molecule has 1 amide bonds. The van der Waals surface area contributed by atoms with Crippen molar-refractivity contribution >= 4 is 11.9 Å². The maximum atomic E-state index is 11.0. The largest absolute Gasteiger partial charge is 0.490 e. The van der Waals surface area contributed by atoms with Crippen LogP contribution in [0.1, 0.15) is 18.4 Å². The highest BCUT2D eigenvalue weighted by molar-refractivity contribution is 5.75. The van der Waals surface area contributed by atoms with E-state index >= 15 is 0 Å². The SMILES string of the molecule is COC(=O)C(F)(F)F.NC(=O)CCCc1ccccc1. The van der Waals surface area contributed by atoms with E-state index in [4.69, 9.17) is 5.73 Å². The quantitative estimate of drug-likeness (QED) is 0.865. The van der Waals surface area contributed by atoms with Gasteiger partial charge >= 0.3 is 12.1 Å². The average Bonchev–Trinajstić information content (AvgIpc) is 2.38. The Hall–Kier alpha value is -2.05. The van der Waals surface area contributed by atoms with Gasteiger partial charge in [-0.3, -0.25) is 4.79 Å². The molecule has 112 valence electrons. The molecule has 1 aromatic rings. The molecule has 0 fully saturated rings. The predicted octanol–water partition coefficient (Wildman–Crippen LogP) is 2.22. The molecule has 20 heavy (non-hydrogen) atoms. The third-order valence-electron chi connectivity index (χ3n) is 2.15. The molecule has 0 aliphatic rings. The Morgan fingerprint density at radius 2 is 1.75 bits per heavy atom. The molecule has 0 aromatic heterocycles. The van der Waals surface area contributed by atoms with Crippen LogP contribution in [0.25, 0.3) is 0 Å². The third kappa shape index (κ3) is 8.96. The molecule has 0 radical (unpaired) electrons. The molecule has 1 aromatic carbocycles. The molecule has 4 nitrogen and oxygen atoms in total. The lowest BCUT2D eigenvalue weighted by molar-refractivity contribution is -0.196. The van der Waals surface area contributed by atoms with Gasteiger partial charge in [-0.2, -0.15) is 13.2 Å². The summed E-state index contributed by atoms with van der Waals surface area (Å²) in [6.45, 7) is 0. The molecule has 0 aliphatic carbocycles. The first-order valence-corrected chi connectivity index (χ1v) is 5.74. The van der Waals surface area contributed by atoms with E-state index < -0.39 is 12.1 Å². The summed E-state index contributed by atoms with van der Waals surface area (Å²) in [5, 5.41) is 0. The van der Waals surface area contributed by atoms with Gasteiger partial charge in [-0.05, 0) is 18.4 Å². The number of ether oxygens (including phenoxy) is 1. The number of carbonyl (C=O) groups is 2. The van der Waals surface area contributed by atoms with Crippen molar-refractivity contribution in [3.05, 3.63) is 35.9 Å². The van der Waals surface area contributed by atoms with Crippen LogP contribution in [0.5, 0.6) is 0 Å². The van der Waals surface area contributed by atoms with Gasteiger partial charge in [0.2, 0.25) is 5.91 Å². The number of benzene rings is 1. The number of carbonyl (C=O) groups excluding carboxylic acids is 2. The number of amides is 1. The van der Waals surface area contributed by atoms with Gasteiger partial charge in [0.15, 0.2) is 0 Å². The summed E-state index contributed by atoms with van der Waals surface area (Å²) in [5.41, 5.74) is 6.28. The Morgan fingerprint density at radius 1 is 1.20 bits per heavy atom. The number of methoxy groups -OCH3 is 1. The minimum absolute atomic E-state index is 0.217. The first kappa shape index (κ1) is 17.9. The van der Waals surface area contributed by atoms with E-state index in [1.54, 1.807) is 0 Å². The van der Waals surface area contributed by atoms with Gasteiger partial charge in [-0.15, -0.1) is 0 Å². The van der Waals surface area contributed by atoms with E-state index in [9.17, 15) is 22.8 Å². The average molecular weight is 291 g/mol. The minimum atomic E-state index is -4.85. The van der Waals surface area contributed by atoms with Crippen molar-refractivity contribution in [2.24, 2.45) is 5.73 Å². The molecular weight excluding hydrogens is 275 g/mol. The van der Waals surface area contributed by atoms with E-state index in [-0.39, 0.29) is 5.91 Å². The number of rotatable bonds is 4. The van der Waals surface area contributed by atoms with E-state index in [0.29, 0.717) is 13.5 Å². The first-order chi connectivity index (χ1) is 9.27. The summed E-state index contributed by atoms with van der Waals surface area (Å²) in [6.07, 6.45) is -2.59. The number of esters is 1. The first-order valence-electron chi connectivity index (χ1n) is 5.74. The van der Waals surface area contributed by atoms with Crippen LogP contribution in [0.4, 0.5) is 13.2 Å². The number of alkyl halides is 3. The lowest BCUT2D eigenvalue weighted by atomic mass is 10.1. The Balaban J connectivity index is 0.000000396. The summed E-state index contributed by atoms with van der Waals surface area (Å²) in [7, 11) is 0.676. The maximum Gasteiger partial charge on any atom is 0.490 e. The van der Waals surface area contributed by atoms with Crippen molar-refractivity contribution < 1.29 is 27.5 Å². The summed E-state index contributed by atoms with van der Waals surface area (Å²) in [4.78, 5) is 19.9. The van der Waals surface area contributed by atoms with Crippen LogP contribution in [-0.4, -0.2) is 25.2 Å². The van der Waals surface area contributed by atoms with Crippen molar-refractivity contribution in [2.75, 3.05) is 7.11 Å². The molecule has 2 N–H and O–H groups in total. The zero-order valence-electron chi connectivity index (χ0n) is 10.9. The number of nitrogens with two attached hydrogens (primary N) is 1. The fourth-order valence-electron chi connectivity index (χ4n) is 1.23.